The van der Waals surface area contributed by atoms with Crippen LogP contribution in [0, 0.1) is 5.92 Å². The minimum atomic E-state index is -0.580. The zero-order valence-electron chi connectivity index (χ0n) is 15.0. The molecule has 24 heavy (non-hydrogen) atoms. The second-order valence-corrected chi connectivity index (χ2v) is 6.14. The van der Waals surface area contributed by atoms with Gasteiger partial charge in [-0.3, -0.25) is 4.79 Å². The van der Waals surface area contributed by atoms with Crippen molar-refractivity contribution in [3.63, 3.8) is 0 Å². The van der Waals surface area contributed by atoms with Crippen LogP contribution in [-0.2, 0) is 9.53 Å². The van der Waals surface area contributed by atoms with Gasteiger partial charge in [-0.25, -0.2) is 4.79 Å². The summed E-state index contributed by atoms with van der Waals surface area (Å²) in [5.74, 6) is 0.612. The Hall–Kier alpha value is -2.24. The third-order valence-corrected chi connectivity index (χ3v) is 3.14. The SMILES string of the molecule is COc1cc(C(=O)OCC(=O)NCCC(C)C)ccc1OC(C)C. The summed E-state index contributed by atoms with van der Waals surface area (Å²) in [7, 11) is 1.50. The van der Waals surface area contributed by atoms with Gasteiger partial charge in [-0.1, -0.05) is 13.8 Å². The zero-order valence-corrected chi connectivity index (χ0v) is 15.0. The first kappa shape index (κ1) is 19.8. The lowest BCUT2D eigenvalue weighted by molar-refractivity contribution is -0.124. The van der Waals surface area contributed by atoms with Gasteiger partial charge in [0.25, 0.3) is 5.91 Å². The number of esters is 1. The lowest BCUT2D eigenvalue weighted by Crippen LogP contribution is -2.30. The maximum absolute atomic E-state index is 12.0. The van der Waals surface area contributed by atoms with Crippen LogP contribution in [0.15, 0.2) is 18.2 Å². The molecule has 134 valence electrons. The Kier molecular flexibility index (Phi) is 8.09. The largest absolute Gasteiger partial charge is 0.493 e. The standard InChI is InChI=1S/C18H27NO5/c1-12(2)8-9-19-17(20)11-23-18(21)14-6-7-15(24-13(3)4)16(10-14)22-5/h6-7,10,12-13H,8-9,11H2,1-5H3,(H,19,20). The van der Waals surface area contributed by atoms with Gasteiger partial charge in [0.15, 0.2) is 18.1 Å². The van der Waals surface area contributed by atoms with Crippen LogP contribution < -0.4 is 14.8 Å². The van der Waals surface area contributed by atoms with Crippen molar-refractivity contribution in [2.24, 2.45) is 5.92 Å². The first-order chi connectivity index (χ1) is 11.3. The molecule has 0 aromatic heterocycles. The van der Waals surface area contributed by atoms with Crippen molar-refractivity contribution in [2.75, 3.05) is 20.3 Å². The maximum Gasteiger partial charge on any atom is 0.338 e. The van der Waals surface area contributed by atoms with E-state index in [1.807, 2.05) is 13.8 Å². The lowest BCUT2D eigenvalue weighted by atomic mass is 10.1. The van der Waals surface area contributed by atoms with Crippen LogP contribution >= 0.6 is 0 Å². The van der Waals surface area contributed by atoms with E-state index in [0.717, 1.165) is 6.42 Å². The monoisotopic (exact) mass is 337 g/mol. The van der Waals surface area contributed by atoms with E-state index in [0.29, 0.717) is 29.5 Å². The fourth-order valence-electron chi connectivity index (χ4n) is 1.91. The summed E-state index contributed by atoms with van der Waals surface area (Å²) in [6, 6.07) is 4.77. The molecule has 0 bridgehead atoms. The molecule has 1 amide bonds. The van der Waals surface area contributed by atoms with Crippen LogP contribution in [0.2, 0.25) is 0 Å². The highest BCUT2D eigenvalue weighted by Gasteiger charge is 2.14. The van der Waals surface area contributed by atoms with Gasteiger partial charge in [0, 0.05) is 6.54 Å². The molecule has 0 spiro atoms. The van der Waals surface area contributed by atoms with Gasteiger partial charge in [-0.2, -0.15) is 0 Å². The van der Waals surface area contributed by atoms with E-state index in [1.54, 1.807) is 12.1 Å². The average Bonchev–Trinajstić information content (AvgIpc) is 2.52. The highest BCUT2D eigenvalue weighted by atomic mass is 16.5. The number of carbonyl (C=O) groups is 2. The van der Waals surface area contributed by atoms with Gasteiger partial charge in [0.2, 0.25) is 0 Å². The van der Waals surface area contributed by atoms with Crippen LogP contribution in [0.5, 0.6) is 11.5 Å². The van der Waals surface area contributed by atoms with Crippen molar-refractivity contribution in [3.05, 3.63) is 23.8 Å². The molecule has 1 aromatic carbocycles. The highest BCUT2D eigenvalue weighted by molar-refractivity contribution is 5.92. The summed E-state index contributed by atoms with van der Waals surface area (Å²) < 4.78 is 15.8. The van der Waals surface area contributed by atoms with Crippen LogP contribution in [-0.4, -0.2) is 38.2 Å². The fourth-order valence-corrected chi connectivity index (χ4v) is 1.91. The third kappa shape index (κ3) is 6.89. The molecule has 1 N–H and O–H groups in total. The Balaban J connectivity index is 2.57. The minimum absolute atomic E-state index is 0.00811. The Labute approximate surface area is 143 Å². The number of amides is 1. The van der Waals surface area contributed by atoms with Gasteiger partial charge in [0.1, 0.15) is 0 Å². The molecule has 0 fully saturated rings. The van der Waals surface area contributed by atoms with Gasteiger partial charge in [0.05, 0.1) is 18.8 Å². The minimum Gasteiger partial charge on any atom is -0.493 e. The second kappa shape index (κ2) is 9.80. The summed E-state index contributed by atoms with van der Waals surface area (Å²) in [6.07, 6.45) is 0.875. The predicted molar refractivity (Wildman–Crippen MR) is 91.5 cm³/mol. The normalized spacial score (nSPS) is 10.6. The molecule has 0 aliphatic carbocycles. The van der Waals surface area contributed by atoms with Gasteiger partial charge >= 0.3 is 5.97 Å². The molecule has 6 nitrogen and oxygen atoms in total. The summed E-state index contributed by atoms with van der Waals surface area (Å²) in [4.78, 5) is 23.7. The molecule has 6 heteroatoms. The van der Waals surface area contributed by atoms with E-state index in [-0.39, 0.29) is 18.6 Å². The van der Waals surface area contributed by atoms with Crippen LogP contribution in [0.4, 0.5) is 0 Å². The molecule has 0 heterocycles. The number of ether oxygens (including phenoxy) is 3. The van der Waals surface area contributed by atoms with Crippen molar-refractivity contribution in [1.82, 2.24) is 5.32 Å². The van der Waals surface area contributed by atoms with E-state index >= 15 is 0 Å². The lowest BCUT2D eigenvalue weighted by Gasteiger charge is -2.14. The highest BCUT2D eigenvalue weighted by Crippen LogP contribution is 2.29. The fraction of sp³-hybridized carbons (Fsp3) is 0.556. The molecule has 0 saturated carbocycles. The number of methoxy groups -OCH3 is 1. The van der Waals surface area contributed by atoms with Crippen molar-refractivity contribution >= 4 is 11.9 Å². The summed E-state index contributed by atoms with van der Waals surface area (Å²) in [5.41, 5.74) is 0.304. The topological polar surface area (TPSA) is 73.9 Å². The van der Waals surface area contributed by atoms with E-state index in [4.69, 9.17) is 14.2 Å². The van der Waals surface area contributed by atoms with Crippen molar-refractivity contribution in [3.8, 4) is 11.5 Å². The molecule has 0 aliphatic rings. The van der Waals surface area contributed by atoms with E-state index in [2.05, 4.69) is 19.2 Å². The van der Waals surface area contributed by atoms with E-state index in [9.17, 15) is 9.59 Å². The molecule has 1 aromatic rings. The van der Waals surface area contributed by atoms with E-state index in [1.165, 1.54) is 13.2 Å². The molecule has 1 rings (SSSR count). The molecular formula is C18H27NO5. The molecule has 0 radical (unpaired) electrons. The van der Waals surface area contributed by atoms with Gasteiger partial charge in [-0.15, -0.1) is 0 Å². The Morgan fingerprint density at radius 1 is 1.12 bits per heavy atom. The number of nitrogens with one attached hydrogen (secondary N) is 1. The Bertz CT molecular complexity index is 554. The zero-order chi connectivity index (χ0) is 18.1. The molecular weight excluding hydrogens is 310 g/mol. The van der Waals surface area contributed by atoms with E-state index < -0.39 is 5.97 Å². The summed E-state index contributed by atoms with van der Waals surface area (Å²) in [5, 5.41) is 2.71. The predicted octanol–water partition coefficient (Wildman–Crippen LogP) is 2.80. The van der Waals surface area contributed by atoms with Crippen molar-refractivity contribution in [1.29, 1.82) is 0 Å². The number of benzene rings is 1. The summed E-state index contributed by atoms with van der Waals surface area (Å²) in [6.45, 7) is 8.23. The van der Waals surface area contributed by atoms with Crippen molar-refractivity contribution in [2.45, 2.75) is 40.2 Å². The van der Waals surface area contributed by atoms with Gasteiger partial charge in [-0.05, 0) is 44.4 Å². The number of rotatable bonds is 9. The Morgan fingerprint density at radius 2 is 1.83 bits per heavy atom. The van der Waals surface area contributed by atoms with Crippen LogP contribution in [0.3, 0.4) is 0 Å². The number of hydrogen-bond acceptors (Lipinski definition) is 5. The smallest absolute Gasteiger partial charge is 0.338 e. The summed E-state index contributed by atoms with van der Waals surface area (Å²) >= 11 is 0. The first-order valence-corrected chi connectivity index (χ1v) is 8.12. The molecule has 0 atom stereocenters. The molecule has 0 unspecified atom stereocenters. The molecule has 0 aliphatic heterocycles. The number of carbonyl (C=O) groups excluding carboxylic acids is 2. The third-order valence-electron chi connectivity index (χ3n) is 3.14. The van der Waals surface area contributed by atoms with Gasteiger partial charge < -0.3 is 19.5 Å². The maximum atomic E-state index is 12.0. The average molecular weight is 337 g/mol. The quantitative estimate of drug-likeness (QED) is 0.701. The van der Waals surface area contributed by atoms with Crippen LogP contribution in [0.25, 0.3) is 0 Å². The van der Waals surface area contributed by atoms with Crippen molar-refractivity contribution < 1.29 is 23.8 Å². The van der Waals surface area contributed by atoms with Crippen LogP contribution in [0.1, 0.15) is 44.5 Å². The second-order valence-electron chi connectivity index (χ2n) is 6.14. The molecule has 0 saturated heterocycles. The number of hydrogen-bond donors (Lipinski definition) is 1. The first-order valence-electron chi connectivity index (χ1n) is 8.12. The Morgan fingerprint density at radius 3 is 2.42 bits per heavy atom.